The molecule has 0 spiro atoms. The fourth-order valence-electron chi connectivity index (χ4n) is 3.97. The van der Waals surface area contributed by atoms with E-state index in [1.807, 2.05) is 0 Å². The summed E-state index contributed by atoms with van der Waals surface area (Å²) in [6.45, 7) is 5.91. The number of hydrazine groups is 1. The summed E-state index contributed by atoms with van der Waals surface area (Å²) in [4.78, 5) is 24.7. The third-order valence-corrected chi connectivity index (χ3v) is 7.57. The van der Waals surface area contributed by atoms with Crippen LogP contribution < -0.4 is 20.2 Å². The first-order valence-corrected chi connectivity index (χ1v) is 13.6. The van der Waals surface area contributed by atoms with E-state index in [9.17, 15) is 18.0 Å². The summed E-state index contributed by atoms with van der Waals surface area (Å²) in [6, 6.07) is 10.6. The largest absolute Gasteiger partial charge is 0.496 e. The molecule has 3 amide bonds. The number of methoxy groups -OCH3 is 1. The van der Waals surface area contributed by atoms with E-state index in [4.69, 9.17) is 4.74 Å². The molecule has 1 saturated heterocycles. The highest BCUT2D eigenvalue weighted by molar-refractivity contribution is 9.10. The molecule has 1 fully saturated rings. The zero-order valence-electron chi connectivity index (χ0n) is 20.1. The lowest BCUT2D eigenvalue weighted by Gasteiger charge is -2.37. The minimum absolute atomic E-state index is 0.0155. The van der Waals surface area contributed by atoms with Crippen molar-refractivity contribution in [3.8, 4) is 5.75 Å². The highest BCUT2D eigenvalue weighted by Crippen LogP contribution is 2.27. The van der Waals surface area contributed by atoms with Crippen LogP contribution >= 0.6 is 15.9 Å². The second-order valence-electron chi connectivity index (χ2n) is 9.23. The van der Waals surface area contributed by atoms with Crippen LogP contribution in [0, 0.1) is 5.41 Å². The van der Waals surface area contributed by atoms with E-state index in [1.54, 1.807) is 35.3 Å². The van der Waals surface area contributed by atoms with Crippen LogP contribution in [0.15, 0.2) is 51.8 Å². The van der Waals surface area contributed by atoms with Gasteiger partial charge in [-0.15, -0.1) is 0 Å². The molecule has 0 saturated carbocycles. The number of rotatable bonds is 8. The van der Waals surface area contributed by atoms with Crippen molar-refractivity contribution >= 4 is 37.9 Å². The topological polar surface area (TPSA) is 117 Å². The third-order valence-electron chi connectivity index (χ3n) is 5.73. The standard InChI is InChI=1S/C24H31BrN4O5S/c1-24(2)12-4-14-29(16-24)27-23(31)28-35(32,33)19-8-5-17(6-9-19)11-13-26-22(30)20-15-18(25)7-10-21(20)34-3/h5-10,15H,4,11-14,16H2,1-3H3,(H,26,30)(H2,27,28,31). The van der Waals surface area contributed by atoms with Crippen molar-refractivity contribution in [3.63, 3.8) is 0 Å². The molecule has 9 nitrogen and oxygen atoms in total. The van der Waals surface area contributed by atoms with Gasteiger partial charge >= 0.3 is 6.03 Å². The molecule has 2 aromatic rings. The van der Waals surface area contributed by atoms with Gasteiger partial charge in [-0.1, -0.05) is 41.9 Å². The van der Waals surface area contributed by atoms with Crippen molar-refractivity contribution in [2.75, 3.05) is 26.7 Å². The molecule has 3 N–H and O–H groups in total. The summed E-state index contributed by atoms with van der Waals surface area (Å²) in [5.74, 6) is 0.204. The number of carbonyl (C=O) groups is 2. The summed E-state index contributed by atoms with van der Waals surface area (Å²) in [5, 5.41) is 4.58. The Hall–Kier alpha value is -2.63. The van der Waals surface area contributed by atoms with Gasteiger partial charge in [0.05, 0.1) is 17.6 Å². The lowest BCUT2D eigenvalue weighted by atomic mass is 9.85. The summed E-state index contributed by atoms with van der Waals surface area (Å²) >= 11 is 3.35. The quantitative estimate of drug-likeness (QED) is 0.450. The van der Waals surface area contributed by atoms with Crippen molar-refractivity contribution in [2.24, 2.45) is 5.41 Å². The first kappa shape index (κ1) is 27.0. The van der Waals surface area contributed by atoms with Crippen LogP contribution in [0.5, 0.6) is 5.75 Å². The summed E-state index contributed by atoms with van der Waals surface area (Å²) < 4.78 is 33.3. The smallest absolute Gasteiger partial charge is 0.343 e. The van der Waals surface area contributed by atoms with Crippen LogP contribution in [0.2, 0.25) is 0 Å². The molecular weight excluding hydrogens is 536 g/mol. The summed E-state index contributed by atoms with van der Waals surface area (Å²) in [5.41, 5.74) is 3.94. The van der Waals surface area contributed by atoms with Gasteiger partial charge in [-0.2, -0.15) is 0 Å². The van der Waals surface area contributed by atoms with Gasteiger partial charge in [-0.25, -0.2) is 22.9 Å². The lowest BCUT2D eigenvalue weighted by Crippen LogP contribution is -2.53. The number of nitrogens with zero attached hydrogens (tertiary/aromatic N) is 1. The number of ether oxygens (including phenoxy) is 1. The van der Waals surface area contributed by atoms with Gasteiger partial charge in [0.1, 0.15) is 5.75 Å². The molecule has 35 heavy (non-hydrogen) atoms. The molecule has 2 aromatic carbocycles. The van der Waals surface area contributed by atoms with Crippen LogP contribution in [0.25, 0.3) is 0 Å². The Morgan fingerprint density at radius 1 is 1.14 bits per heavy atom. The van der Waals surface area contributed by atoms with Crippen LogP contribution in [0.3, 0.4) is 0 Å². The molecule has 0 radical (unpaired) electrons. The molecule has 0 bridgehead atoms. The molecule has 0 atom stereocenters. The van der Waals surface area contributed by atoms with Gasteiger partial charge in [0.25, 0.3) is 15.9 Å². The predicted molar refractivity (Wildman–Crippen MR) is 137 cm³/mol. The molecule has 1 heterocycles. The van der Waals surface area contributed by atoms with Crippen molar-refractivity contribution < 1.29 is 22.7 Å². The van der Waals surface area contributed by atoms with E-state index in [1.165, 1.54) is 19.2 Å². The number of piperidine rings is 1. The minimum atomic E-state index is -4.01. The maximum Gasteiger partial charge on any atom is 0.343 e. The summed E-state index contributed by atoms with van der Waals surface area (Å²) in [6.07, 6.45) is 2.48. The number of urea groups is 1. The fourth-order valence-corrected chi connectivity index (χ4v) is 5.24. The molecule has 1 aliphatic rings. The zero-order chi connectivity index (χ0) is 25.6. The van der Waals surface area contributed by atoms with Gasteiger partial charge in [0.2, 0.25) is 0 Å². The van der Waals surface area contributed by atoms with Gasteiger partial charge in [-0.05, 0) is 60.6 Å². The molecule has 0 aromatic heterocycles. The van der Waals surface area contributed by atoms with Gasteiger partial charge in [0, 0.05) is 24.1 Å². The third kappa shape index (κ3) is 7.68. The zero-order valence-corrected chi connectivity index (χ0v) is 22.5. The average Bonchev–Trinajstić information content (AvgIpc) is 2.78. The highest BCUT2D eigenvalue weighted by Gasteiger charge is 2.28. The molecule has 3 rings (SSSR count). The van der Waals surface area contributed by atoms with E-state index >= 15 is 0 Å². The SMILES string of the molecule is COc1ccc(Br)cc1C(=O)NCCc1ccc(S(=O)(=O)NC(=O)NN2CCCC(C)(C)C2)cc1. The van der Waals surface area contributed by atoms with E-state index in [-0.39, 0.29) is 16.2 Å². The number of halogens is 1. The van der Waals surface area contributed by atoms with E-state index in [2.05, 4.69) is 45.2 Å². The van der Waals surface area contributed by atoms with Gasteiger partial charge < -0.3 is 10.1 Å². The Morgan fingerprint density at radius 2 is 1.86 bits per heavy atom. The van der Waals surface area contributed by atoms with Crippen LogP contribution in [-0.4, -0.2) is 52.1 Å². The minimum Gasteiger partial charge on any atom is -0.496 e. The Kier molecular flexibility index (Phi) is 8.79. The number of benzene rings is 2. The molecular formula is C24H31BrN4O5S. The number of carbonyl (C=O) groups excluding carboxylic acids is 2. The maximum absolute atomic E-state index is 12.6. The van der Waals surface area contributed by atoms with Crippen molar-refractivity contribution in [3.05, 3.63) is 58.1 Å². The Bertz CT molecular complexity index is 1170. The molecule has 190 valence electrons. The molecule has 1 aliphatic heterocycles. The molecule has 0 unspecified atom stereocenters. The van der Waals surface area contributed by atoms with Gasteiger partial charge in [0.15, 0.2) is 0 Å². The maximum atomic E-state index is 12.6. The molecule has 11 heteroatoms. The fraction of sp³-hybridized carbons (Fsp3) is 0.417. The second-order valence-corrected chi connectivity index (χ2v) is 11.8. The first-order valence-electron chi connectivity index (χ1n) is 11.3. The second kappa shape index (κ2) is 11.4. The van der Waals surface area contributed by atoms with E-state index in [0.29, 0.717) is 37.4 Å². The monoisotopic (exact) mass is 566 g/mol. The summed E-state index contributed by atoms with van der Waals surface area (Å²) in [7, 11) is -2.51. The number of nitrogens with one attached hydrogen (secondary N) is 3. The number of hydrogen-bond donors (Lipinski definition) is 3. The molecule has 0 aliphatic carbocycles. The van der Waals surface area contributed by atoms with Crippen molar-refractivity contribution in [1.29, 1.82) is 0 Å². The normalized spacial score (nSPS) is 15.8. The first-order chi connectivity index (χ1) is 16.5. The Morgan fingerprint density at radius 3 is 2.51 bits per heavy atom. The van der Waals surface area contributed by atoms with E-state index in [0.717, 1.165) is 22.9 Å². The number of hydrogen-bond acceptors (Lipinski definition) is 6. The van der Waals surface area contributed by atoms with Crippen molar-refractivity contribution in [2.45, 2.75) is 38.0 Å². The highest BCUT2D eigenvalue weighted by atomic mass is 79.9. The number of amides is 3. The van der Waals surface area contributed by atoms with Crippen LogP contribution in [0.1, 0.15) is 42.6 Å². The Balaban J connectivity index is 1.52. The lowest BCUT2D eigenvalue weighted by molar-refractivity contribution is 0.0826. The average molecular weight is 568 g/mol. The predicted octanol–water partition coefficient (Wildman–Crippen LogP) is 3.46. The van der Waals surface area contributed by atoms with Crippen LogP contribution in [0.4, 0.5) is 4.79 Å². The van der Waals surface area contributed by atoms with Gasteiger partial charge in [-0.3, -0.25) is 10.2 Å². The number of sulfonamides is 1. The Labute approximate surface area is 214 Å². The van der Waals surface area contributed by atoms with E-state index < -0.39 is 16.1 Å². The van der Waals surface area contributed by atoms with Crippen molar-refractivity contribution in [1.82, 2.24) is 20.5 Å². The van der Waals surface area contributed by atoms with Crippen LogP contribution in [-0.2, 0) is 16.4 Å².